The summed E-state index contributed by atoms with van der Waals surface area (Å²) in [7, 11) is 0. The molecule has 0 spiro atoms. The smallest absolute Gasteiger partial charge is 0.137 e. The van der Waals surface area contributed by atoms with Gasteiger partial charge < -0.3 is 8.98 Å². The van der Waals surface area contributed by atoms with Crippen molar-refractivity contribution in [3.63, 3.8) is 0 Å². The zero-order valence-corrected chi connectivity index (χ0v) is 17.3. The minimum absolute atomic E-state index is 0.904. The van der Waals surface area contributed by atoms with E-state index in [0.717, 1.165) is 27.8 Å². The Morgan fingerprint density at radius 1 is 0.469 bits per heavy atom. The van der Waals surface area contributed by atoms with Crippen molar-refractivity contribution < 1.29 is 4.42 Å². The Morgan fingerprint density at radius 3 is 2.03 bits per heavy atom. The molecule has 0 atom stereocenters. The molecule has 2 heteroatoms. The number of fused-ring (bicyclic) bond motifs is 2. The van der Waals surface area contributed by atoms with E-state index in [-0.39, 0.29) is 0 Å². The normalized spacial score (nSPS) is 11.8. The van der Waals surface area contributed by atoms with Crippen LogP contribution in [-0.4, -0.2) is 4.57 Å². The Balaban J connectivity index is 1.65. The molecule has 0 fully saturated rings. The van der Waals surface area contributed by atoms with Gasteiger partial charge in [0.25, 0.3) is 0 Å². The maximum absolute atomic E-state index is 6.45. The molecule has 5 aromatic carbocycles. The second kappa shape index (κ2) is 6.60. The van der Waals surface area contributed by atoms with E-state index in [1.807, 2.05) is 6.07 Å². The number of para-hydroxylation sites is 1. The van der Waals surface area contributed by atoms with E-state index in [4.69, 9.17) is 4.42 Å². The quantitative estimate of drug-likeness (QED) is 0.280. The lowest BCUT2D eigenvalue weighted by Gasteiger charge is -2.10. The lowest BCUT2D eigenvalue weighted by molar-refractivity contribution is 0.664. The van der Waals surface area contributed by atoms with Crippen LogP contribution in [0.5, 0.6) is 0 Å². The van der Waals surface area contributed by atoms with E-state index in [1.165, 1.54) is 32.8 Å². The van der Waals surface area contributed by atoms with Crippen molar-refractivity contribution in [1.29, 1.82) is 0 Å². The van der Waals surface area contributed by atoms with E-state index in [2.05, 4.69) is 114 Å². The van der Waals surface area contributed by atoms with Crippen LogP contribution < -0.4 is 0 Å². The largest absolute Gasteiger partial charge is 0.456 e. The number of aromatic nitrogens is 1. The molecule has 0 saturated carbocycles. The molecule has 0 saturated heterocycles. The molecule has 0 amide bonds. The molecule has 7 aromatic rings. The fourth-order valence-electron chi connectivity index (χ4n) is 5.02. The maximum Gasteiger partial charge on any atom is 0.137 e. The molecule has 0 aliphatic carbocycles. The van der Waals surface area contributed by atoms with Crippen LogP contribution in [0, 0.1) is 0 Å². The monoisotopic (exact) mass is 409 g/mol. The van der Waals surface area contributed by atoms with Crippen molar-refractivity contribution in [2.24, 2.45) is 0 Å². The molecular formula is C30H19NO. The maximum atomic E-state index is 6.45. The van der Waals surface area contributed by atoms with E-state index in [9.17, 15) is 0 Å². The average molecular weight is 409 g/mol. The van der Waals surface area contributed by atoms with Gasteiger partial charge in [-0.05, 0) is 52.9 Å². The van der Waals surface area contributed by atoms with Crippen LogP contribution in [0.3, 0.4) is 0 Å². The van der Waals surface area contributed by atoms with Gasteiger partial charge in [-0.1, -0.05) is 78.9 Å². The molecular weight excluding hydrogens is 390 g/mol. The highest BCUT2D eigenvalue weighted by Crippen LogP contribution is 2.40. The summed E-state index contributed by atoms with van der Waals surface area (Å²) in [6.07, 6.45) is 0. The lowest BCUT2D eigenvalue weighted by atomic mass is 10.0. The topological polar surface area (TPSA) is 18.1 Å². The van der Waals surface area contributed by atoms with Gasteiger partial charge in [0.2, 0.25) is 0 Å². The molecule has 2 heterocycles. The summed E-state index contributed by atoms with van der Waals surface area (Å²) in [4.78, 5) is 0. The Hall–Kier alpha value is -4.30. The molecule has 0 N–H and O–H groups in total. The molecule has 0 aliphatic rings. The molecule has 0 unspecified atom stereocenters. The number of rotatable bonds is 2. The fraction of sp³-hybridized carbons (Fsp3) is 0. The summed E-state index contributed by atoms with van der Waals surface area (Å²) in [5, 5.41) is 4.75. The van der Waals surface area contributed by atoms with Crippen LogP contribution >= 0.6 is 0 Å². The Bertz CT molecular complexity index is 1770. The Kier molecular flexibility index (Phi) is 3.58. The zero-order chi connectivity index (χ0) is 21.1. The highest BCUT2D eigenvalue weighted by Gasteiger charge is 2.18. The summed E-state index contributed by atoms with van der Waals surface area (Å²) in [5.41, 5.74) is 7.73. The summed E-state index contributed by atoms with van der Waals surface area (Å²) >= 11 is 0. The number of hydrogen-bond donors (Lipinski definition) is 0. The third kappa shape index (κ3) is 2.41. The summed E-state index contributed by atoms with van der Waals surface area (Å²) in [6, 6.07) is 40.5. The van der Waals surface area contributed by atoms with Gasteiger partial charge in [-0.3, -0.25) is 0 Å². The predicted octanol–water partition coefficient (Wildman–Crippen LogP) is 8.35. The van der Waals surface area contributed by atoms with Crippen molar-refractivity contribution in [3.05, 3.63) is 115 Å². The average Bonchev–Trinajstić information content (AvgIpc) is 3.12. The van der Waals surface area contributed by atoms with E-state index in [1.54, 1.807) is 0 Å². The van der Waals surface area contributed by atoms with E-state index >= 15 is 0 Å². The first-order valence-corrected chi connectivity index (χ1v) is 10.9. The van der Waals surface area contributed by atoms with Crippen molar-refractivity contribution in [1.82, 2.24) is 4.57 Å². The summed E-state index contributed by atoms with van der Waals surface area (Å²) < 4.78 is 8.81. The Labute approximate surface area is 184 Å². The van der Waals surface area contributed by atoms with Crippen LogP contribution in [-0.2, 0) is 0 Å². The van der Waals surface area contributed by atoms with E-state index < -0.39 is 0 Å². The summed E-state index contributed by atoms with van der Waals surface area (Å²) in [6.45, 7) is 0. The van der Waals surface area contributed by atoms with E-state index in [0.29, 0.717) is 0 Å². The molecule has 2 nitrogen and oxygen atoms in total. The van der Waals surface area contributed by atoms with Gasteiger partial charge in [0, 0.05) is 16.5 Å². The number of hydrogen-bond acceptors (Lipinski definition) is 1. The molecule has 32 heavy (non-hydrogen) atoms. The zero-order valence-electron chi connectivity index (χ0n) is 17.3. The number of nitrogens with zero attached hydrogens (tertiary/aromatic N) is 1. The molecule has 0 bridgehead atoms. The first-order valence-electron chi connectivity index (χ1n) is 10.9. The number of benzene rings is 5. The highest BCUT2D eigenvalue weighted by atomic mass is 16.3. The van der Waals surface area contributed by atoms with Gasteiger partial charge in [0.05, 0.1) is 16.4 Å². The predicted molar refractivity (Wildman–Crippen MR) is 133 cm³/mol. The van der Waals surface area contributed by atoms with Gasteiger partial charge in [-0.25, -0.2) is 0 Å². The van der Waals surface area contributed by atoms with Crippen molar-refractivity contribution >= 4 is 43.7 Å². The van der Waals surface area contributed by atoms with Crippen molar-refractivity contribution in [2.75, 3.05) is 0 Å². The van der Waals surface area contributed by atoms with Gasteiger partial charge in [-0.15, -0.1) is 0 Å². The SMILES string of the molecule is c1ccc(-c2cccc(-n3c4cccc5oc6ccccc6c6cccc3c6c54)c2)cc1. The van der Waals surface area contributed by atoms with Crippen LogP contribution in [0.15, 0.2) is 120 Å². The molecule has 150 valence electrons. The van der Waals surface area contributed by atoms with Crippen molar-refractivity contribution in [2.45, 2.75) is 0 Å². The van der Waals surface area contributed by atoms with Crippen LogP contribution in [0.1, 0.15) is 0 Å². The van der Waals surface area contributed by atoms with Crippen molar-refractivity contribution in [3.8, 4) is 16.8 Å². The van der Waals surface area contributed by atoms with Crippen LogP contribution in [0.2, 0.25) is 0 Å². The third-order valence-corrected chi connectivity index (χ3v) is 6.39. The first-order chi connectivity index (χ1) is 15.9. The standard InChI is InChI=1S/C30H19NO/c1-2-9-20(10-3-1)21-11-6-12-22(19-21)31-25-15-7-14-24-23-13-4-5-17-27(23)32-28-18-8-16-26(31)30(28)29(24)25/h1-19H. The lowest BCUT2D eigenvalue weighted by Crippen LogP contribution is -1.94. The molecule has 7 rings (SSSR count). The third-order valence-electron chi connectivity index (χ3n) is 6.39. The van der Waals surface area contributed by atoms with Gasteiger partial charge >= 0.3 is 0 Å². The first kappa shape index (κ1) is 17.4. The highest BCUT2D eigenvalue weighted by molar-refractivity contribution is 6.26. The van der Waals surface area contributed by atoms with Gasteiger partial charge in [-0.2, -0.15) is 0 Å². The second-order valence-corrected chi connectivity index (χ2v) is 8.20. The molecule has 2 aromatic heterocycles. The minimum atomic E-state index is 0.904. The van der Waals surface area contributed by atoms with Crippen LogP contribution in [0.25, 0.3) is 60.6 Å². The minimum Gasteiger partial charge on any atom is -0.456 e. The van der Waals surface area contributed by atoms with Gasteiger partial charge in [0.1, 0.15) is 11.2 Å². The van der Waals surface area contributed by atoms with Crippen LogP contribution in [0.4, 0.5) is 0 Å². The molecule has 0 radical (unpaired) electrons. The summed E-state index contributed by atoms with van der Waals surface area (Å²) in [5.74, 6) is 0. The fourth-order valence-corrected chi connectivity index (χ4v) is 5.02. The Morgan fingerprint density at radius 2 is 1.12 bits per heavy atom. The second-order valence-electron chi connectivity index (χ2n) is 8.20. The van der Waals surface area contributed by atoms with Gasteiger partial charge in [0.15, 0.2) is 0 Å². The molecule has 0 aliphatic heterocycles.